The van der Waals surface area contributed by atoms with Gasteiger partial charge in [-0.1, -0.05) is 0 Å². The zero-order valence-corrected chi connectivity index (χ0v) is 17.3. The van der Waals surface area contributed by atoms with Crippen molar-refractivity contribution in [3.05, 3.63) is 17.8 Å². The lowest BCUT2D eigenvalue weighted by Gasteiger charge is -2.25. The van der Waals surface area contributed by atoms with Gasteiger partial charge in [0.1, 0.15) is 11.4 Å². The van der Waals surface area contributed by atoms with Crippen LogP contribution in [0.3, 0.4) is 0 Å². The Balaban J connectivity index is 1.50. The number of hydrogen-bond donors (Lipinski definition) is 1. The lowest BCUT2D eigenvalue weighted by atomic mass is 10.1. The summed E-state index contributed by atoms with van der Waals surface area (Å²) in [5, 5.41) is 2.84. The fourth-order valence-electron chi connectivity index (χ4n) is 3.35. The second-order valence-corrected chi connectivity index (χ2v) is 9.28. The Bertz CT molecular complexity index is 719. The number of carbonyl (C=O) groups is 2. The lowest BCUT2D eigenvalue weighted by Crippen LogP contribution is -2.36. The van der Waals surface area contributed by atoms with Crippen molar-refractivity contribution in [3.63, 3.8) is 0 Å². The molecule has 0 spiro atoms. The Morgan fingerprint density at radius 2 is 2.22 bits per heavy atom. The summed E-state index contributed by atoms with van der Waals surface area (Å²) < 4.78 is 5.46. The molecule has 0 aromatic carbocycles. The van der Waals surface area contributed by atoms with E-state index in [9.17, 15) is 9.59 Å². The number of carbonyl (C=O) groups excluding carboxylic acids is 2. The molecule has 7 nitrogen and oxygen atoms in total. The number of anilines is 1. The minimum absolute atomic E-state index is 0.00121. The van der Waals surface area contributed by atoms with Crippen molar-refractivity contribution in [2.24, 2.45) is 5.92 Å². The van der Waals surface area contributed by atoms with E-state index in [1.165, 1.54) is 11.8 Å². The Labute approximate surface area is 164 Å². The first-order chi connectivity index (χ1) is 12.7. The van der Waals surface area contributed by atoms with Gasteiger partial charge in [-0.3, -0.25) is 4.79 Å². The molecule has 1 N–H and O–H groups in total. The van der Waals surface area contributed by atoms with Crippen LogP contribution in [0.1, 0.15) is 32.9 Å². The molecule has 2 aliphatic heterocycles. The summed E-state index contributed by atoms with van der Waals surface area (Å²) in [5.74, 6) is 1.54. The van der Waals surface area contributed by atoms with E-state index in [-0.39, 0.29) is 12.0 Å². The number of pyridine rings is 1. The van der Waals surface area contributed by atoms with Crippen molar-refractivity contribution in [1.29, 1.82) is 0 Å². The number of nitrogens with one attached hydrogen (secondary N) is 1. The minimum Gasteiger partial charge on any atom is -0.444 e. The third kappa shape index (κ3) is 5.59. The molecule has 0 bridgehead atoms. The Morgan fingerprint density at radius 3 is 2.96 bits per heavy atom. The fourth-order valence-corrected chi connectivity index (χ4v) is 4.10. The number of likely N-dealkylation sites (tertiary alicyclic amines) is 1. The zero-order valence-electron chi connectivity index (χ0n) is 16.4. The van der Waals surface area contributed by atoms with Crippen LogP contribution in [0.15, 0.2) is 17.0 Å². The molecule has 2 amide bonds. The van der Waals surface area contributed by atoms with Crippen molar-refractivity contribution in [2.75, 3.05) is 37.8 Å². The van der Waals surface area contributed by atoms with E-state index in [1.807, 2.05) is 32.9 Å². The summed E-state index contributed by atoms with van der Waals surface area (Å²) in [7, 11) is 2.06. The molecule has 2 aliphatic rings. The van der Waals surface area contributed by atoms with Gasteiger partial charge in [0.25, 0.3) is 0 Å². The van der Waals surface area contributed by atoms with Crippen molar-refractivity contribution in [1.82, 2.24) is 14.8 Å². The largest absolute Gasteiger partial charge is 0.444 e. The molecule has 3 heterocycles. The van der Waals surface area contributed by atoms with Crippen molar-refractivity contribution < 1.29 is 14.3 Å². The topological polar surface area (TPSA) is 74.8 Å². The Morgan fingerprint density at radius 1 is 1.44 bits per heavy atom. The molecule has 1 aromatic rings. The molecule has 3 rings (SSSR count). The van der Waals surface area contributed by atoms with Crippen molar-refractivity contribution >= 4 is 29.6 Å². The Hall–Kier alpha value is -1.80. The SMILES string of the molecule is CN(Cc1ccc2c(n1)NC(=O)CS2)CC1CCN(C(=O)OC(C)(C)C)C1. The van der Waals surface area contributed by atoms with Crippen LogP contribution >= 0.6 is 11.8 Å². The van der Waals surface area contributed by atoms with Crippen LogP contribution in [0.25, 0.3) is 0 Å². The monoisotopic (exact) mass is 392 g/mol. The highest BCUT2D eigenvalue weighted by Crippen LogP contribution is 2.30. The molecule has 0 saturated carbocycles. The van der Waals surface area contributed by atoms with Crippen LogP contribution in [0, 0.1) is 5.92 Å². The third-order valence-electron chi connectivity index (χ3n) is 4.47. The van der Waals surface area contributed by atoms with Gasteiger partial charge >= 0.3 is 6.09 Å². The van der Waals surface area contributed by atoms with Gasteiger partial charge in [-0.25, -0.2) is 9.78 Å². The van der Waals surface area contributed by atoms with E-state index in [0.29, 0.717) is 24.0 Å². The molecule has 27 heavy (non-hydrogen) atoms. The van der Waals surface area contributed by atoms with Gasteiger partial charge in [-0.15, -0.1) is 11.8 Å². The molecular weight excluding hydrogens is 364 g/mol. The minimum atomic E-state index is -0.461. The van der Waals surface area contributed by atoms with E-state index < -0.39 is 5.60 Å². The van der Waals surface area contributed by atoms with Crippen LogP contribution in [0.2, 0.25) is 0 Å². The molecule has 1 atom stereocenters. The van der Waals surface area contributed by atoms with E-state index in [1.54, 1.807) is 4.90 Å². The zero-order chi connectivity index (χ0) is 19.6. The van der Waals surface area contributed by atoms with E-state index in [4.69, 9.17) is 4.74 Å². The lowest BCUT2D eigenvalue weighted by molar-refractivity contribution is -0.113. The molecule has 1 saturated heterocycles. The number of nitrogens with zero attached hydrogens (tertiary/aromatic N) is 3. The van der Waals surface area contributed by atoms with Crippen molar-refractivity contribution in [3.8, 4) is 0 Å². The summed E-state index contributed by atoms with van der Waals surface area (Å²) in [6.07, 6.45) is 0.755. The molecule has 148 valence electrons. The molecule has 8 heteroatoms. The summed E-state index contributed by atoms with van der Waals surface area (Å²) >= 11 is 1.52. The summed E-state index contributed by atoms with van der Waals surface area (Å²) in [6.45, 7) is 8.73. The number of thioether (sulfide) groups is 1. The molecule has 0 radical (unpaired) electrons. The number of rotatable bonds is 4. The summed E-state index contributed by atoms with van der Waals surface area (Å²) in [5.41, 5.74) is 0.471. The maximum Gasteiger partial charge on any atom is 0.410 e. The third-order valence-corrected chi connectivity index (χ3v) is 5.52. The number of amides is 2. The van der Waals surface area contributed by atoms with Crippen LogP contribution in [-0.4, -0.2) is 64.8 Å². The maximum absolute atomic E-state index is 12.2. The van der Waals surface area contributed by atoms with Gasteiger partial charge in [-0.2, -0.15) is 0 Å². The quantitative estimate of drug-likeness (QED) is 0.849. The molecule has 1 unspecified atom stereocenters. The predicted octanol–water partition coefficient (Wildman–Crippen LogP) is 2.81. The average Bonchev–Trinajstić information content (AvgIpc) is 3.01. The summed E-state index contributed by atoms with van der Waals surface area (Å²) in [4.78, 5) is 33.3. The second-order valence-electron chi connectivity index (χ2n) is 8.26. The Kier molecular flexibility index (Phi) is 5.95. The van der Waals surface area contributed by atoms with Crippen LogP contribution in [0.4, 0.5) is 10.6 Å². The second kappa shape index (κ2) is 8.06. The first-order valence-corrected chi connectivity index (χ1v) is 10.3. The van der Waals surface area contributed by atoms with Crippen LogP contribution in [0.5, 0.6) is 0 Å². The number of aromatic nitrogens is 1. The number of hydrogen-bond acceptors (Lipinski definition) is 6. The van der Waals surface area contributed by atoms with E-state index >= 15 is 0 Å². The van der Waals surface area contributed by atoms with Gasteiger partial charge in [0.15, 0.2) is 0 Å². The first kappa shape index (κ1) is 19.9. The van der Waals surface area contributed by atoms with Gasteiger partial charge in [0.05, 0.1) is 16.3 Å². The highest BCUT2D eigenvalue weighted by Gasteiger charge is 2.30. The molecule has 0 aliphatic carbocycles. The van der Waals surface area contributed by atoms with Gasteiger partial charge in [-0.05, 0) is 52.3 Å². The van der Waals surface area contributed by atoms with E-state index in [2.05, 4.69) is 22.2 Å². The fraction of sp³-hybridized carbons (Fsp3) is 0.632. The smallest absolute Gasteiger partial charge is 0.410 e. The van der Waals surface area contributed by atoms with Crippen molar-refractivity contribution in [2.45, 2.75) is 44.2 Å². The highest BCUT2D eigenvalue weighted by atomic mass is 32.2. The highest BCUT2D eigenvalue weighted by molar-refractivity contribution is 8.00. The predicted molar refractivity (Wildman–Crippen MR) is 106 cm³/mol. The normalized spacial score (nSPS) is 19.8. The average molecular weight is 393 g/mol. The van der Waals surface area contributed by atoms with Gasteiger partial charge in [0, 0.05) is 26.2 Å². The maximum atomic E-state index is 12.2. The molecular formula is C19H28N4O3S. The summed E-state index contributed by atoms with van der Waals surface area (Å²) in [6, 6.07) is 4.04. The number of ether oxygens (including phenoxy) is 1. The molecule has 1 fully saturated rings. The van der Waals surface area contributed by atoms with E-state index in [0.717, 1.165) is 36.6 Å². The van der Waals surface area contributed by atoms with Gasteiger partial charge in [0.2, 0.25) is 5.91 Å². The first-order valence-electron chi connectivity index (χ1n) is 9.28. The standard InChI is InChI=1S/C19H28N4O3S/c1-19(2,3)26-18(25)23-8-7-13(10-23)9-22(4)11-14-5-6-15-17(20-14)21-16(24)12-27-15/h5-6,13H,7-12H2,1-4H3,(H,20,21,24). The molecule has 1 aromatic heterocycles. The van der Waals surface area contributed by atoms with Crippen LogP contribution < -0.4 is 5.32 Å². The van der Waals surface area contributed by atoms with Crippen LogP contribution in [-0.2, 0) is 16.1 Å². The van der Waals surface area contributed by atoms with Gasteiger partial charge < -0.3 is 19.9 Å². The number of fused-ring (bicyclic) bond motifs is 1.